The Bertz CT molecular complexity index is 1220. The summed E-state index contributed by atoms with van der Waals surface area (Å²) in [7, 11) is 1.99. The van der Waals surface area contributed by atoms with Crippen LogP contribution in [0.5, 0.6) is 0 Å². The monoisotopic (exact) mass is 491 g/mol. The van der Waals surface area contributed by atoms with Crippen LogP contribution in [0.1, 0.15) is 63.8 Å². The number of anilines is 1. The quantitative estimate of drug-likeness (QED) is 0.557. The summed E-state index contributed by atoms with van der Waals surface area (Å²) in [5.74, 6) is 2.76. The Balaban J connectivity index is 1.17. The molecule has 0 spiro atoms. The maximum Gasteiger partial charge on any atom is 0.246 e. The lowest BCUT2D eigenvalue weighted by molar-refractivity contribution is -0.139. The van der Waals surface area contributed by atoms with Crippen LogP contribution in [0.2, 0.25) is 0 Å². The van der Waals surface area contributed by atoms with Crippen LogP contribution < -0.4 is 5.32 Å². The number of amides is 2. The van der Waals surface area contributed by atoms with Gasteiger partial charge in [-0.15, -0.1) is 11.3 Å². The first-order chi connectivity index (χ1) is 16.7. The van der Waals surface area contributed by atoms with E-state index in [1.165, 1.54) is 25.7 Å². The highest BCUT2D eigenvalue weighted by atomic mass is 32.1. The average molecular weight is 492 g/mol. The van der Waals surface area contributed by atoms with Crippen molar-refractivity contribution in [3.8, 4) is 0 Å². The highest BCUT2D eigenvalue weighted by molar-refractivity contribution is 7.18. The second kappa shape index (κ2) is 8.16. The zero-order valence-electron chi connectivity index (χ0n) is 21.3. The summed E-state index contributed by atoms with van der Waals surface area (Å²) in [4.78, 5) is 32.0. The molecule has 186 valence electrons. The molecule has 0 saturated heterocycles. The van der Waals surface area contributed by atoms with Gasteiger partial charge in [0.2, 0.25) is 11.8 Å². The summed E-state index contributed by atoms with van der Waals surface area (Å²) >= 11 is 1.67. The summed E-state index contributed by atoms with van der Waals surface area (Å²) in [6.07, 6.45) is 11.8. The molecule has 2 aromatic rings. The Morgan fingerprint density at radius 3 is 2.83 bits per heavy atom. The lowest BCUT2D eigenvalue weighted by Gasteiger charge is -2.60. The molecule has 2 amide bonds. The maximum absolute atomic E-state index is 13.1. The Morgan fingerprint density at radius 2 is 2.00 bits per heavy atom. The first-order valence-corrected chi connectivity index (χ1v) is 14.1. The number of rotatable bonds is 3. The van der Waals surface area contributed by atoms with Gasteiger partial charge in [0.1, 0.15) is 0 Å². The van der Waals surface area contributed by atoms with E-state index in [1.54, 1.807) is 11.3 Å². The lowest BCUT2D eigenvalue weighted by Crippen LogP contribution is -2.59. The molecular formula is C29H37N3O2S. The Morgan fingerprint density at radius 1 is 1.17 bits per heavy atom. The van der Waals surface area contributed by atoms with Crippen molar-refractivity contribution in [1.29, 1.82) is 0 Å². The second-order valence-electron chi connectivity index (χ2n) is 12.1. The molecule has 3 aliphatic carbocycles. The van der Waals surface area contributed by atoms with Crippen LogP contribution in [0.25, 0.3) is 10.2 Å². The van der Waals surface area contributed by atoms with Crippen molar-refractivity contribution in [2.24, 2.45) is 34.5 Å². The van der Waals surface area contributed by atoms with Gasteiger partial charge < -0.3 is 10.2 Å². The van der Waals surface area contributed by atoms with Crippen molar-refractivity contribution in [1.82, 2.24) is 9.88 Å². The number of carbonyl (C=O) groups excluding carboxylic acids is 2. The zero-order valence-corrected chi connectivity index (χ0v) is 22.2. The highest BCUT2D eigenvalue weighted by Gasteiger charge is 2.60. The van der Waals surface area contributed by atoms with E-state index in [1.807, 2.05) is 37.1 Å². The molecule has 1 aromatic heterocycles. The average Bonchev–Trinajstić information content (AvgIpc) is 3.35. The van der Waals surface area contributed by atoms with Gasteiger partial charge in [0.05, 0.1) is 15.2 Å². The number of carbonyl (C=O) groups is 2. The number of thiazole rings is 1. The molecule has 1 N–H and O–H groups in total. The number of likely N-dealkylation sites (N-methyl/N-ethyl adjacent to an activating group) is 1. The molecular weight excluding hydrogens is 454 g/mol. The zero-order chi connectivity index (χ0) is 24.5. The summed E-state index contributed by atoms with van der Waals surface area (Å²) in [5, 5.41) is 4.23. The Kier molecular flexibility index (Phi) is 5.41. The fourth-order valence-corrected chi connectivity index (χ4v) is 9.60. The van der Waals surface area contributed by atoms with E-state index >= 15 is 0 Å². The molecule has 0 radical (unpaired) electrons. The molecule has 3 saturated carbocycles. The third kappa shape index (κ3) is 3.58. The SMILES string of the molecule is Cc1nc2ccc(NC(=O)C[C@H]3CC[C@H]4[C@@H]5CC[C@H]6N(C)C(=O)C=C[C@]6(C)[C@H]5CC[C@]34C)cc2s1. The molecule has 3 fully saturated rings. The maximum atomic E-state index is 13.1. The predicted octanol–water partition coefficient (Wildman–Crippen LogP) is 6.19. The first-order valence-electron chi connectivity index (χ1n) is 13.3. The number of benzene rings is 1. The van der Waals surface area contributed by atoms with Gasteiger partial charge in [-0.25, -0.2) is 4.98 Å². The largest absolute Gasteiger partial charge is 0.338 e. The molecule has 0 bridgehead atoms. The standard InChI is InChI=1S/C29H37N3O2S/c1-17-30-23-9-6-19(16-24(23)35-17)31-26(33)15-18-5-8-21-20-7-10-25-29(3,14-12-27(34)32(25)4)22(20)11-13-28(18,21)2/h6,9,12,14,16,18,20-22,25H,5,7-8,10-11,13,15H2,1-4H3,(H,31,33)/t18-,20+,21+,22+,25-,28-,29-/m1/s1. The van der Waals surface area contributed by atoms with E-state index in [0.29, 0.717) is 36.1 Å². The van der Waals surface area contributed by atoms with Crippen molar-refractivity contribution in [3.63, 3.8) is 0 Å². The van der Waals surface area contributed by atoms with Crippen LogP contribution in [0.3, 0.4) is 0 Å². The van der Waals surface area contributed by atoms with Crippen LogP contribution >= 0.6 is 11.3 Å². The molecule has 4 aliphatic rings. The molecule has 35 heavy (non-hydrogen) atoms. The second-order valence-corrected chi connectivity index (χ2v) is 13.3. The molecule has 1 aromatic carbocycles. The van der Waals surface area contributed by atoms with Crippen LogP contribution in [0, 0.1) is 41.4 Å². The predicted molar refractivity (Wildman–Crippen MR) is 141 cm³/mol. The minimum atomic E-state index is 0.0794. The smallest absolute Gasteiger partial charge is 0.246 e. The number of hydrogen-bond donors (Lipinski definition) is 1. The van der Waals surface area contributed by atoms with Gasteiger partial charge in [-0.2, -0.15) is 0 Å². The van der Waals surface area contributed by atoms with E-state index in [9.17, 15) is 9.59 Å². The molecule has 0 unspecified atom stereocenters. The normalized spacial score (nSPS) is 38.2. The van der Waals surface area contributed by atoms with Crippen LogP contribution in [0.4, 0.5) is 5.69 Å². The van der Waals surface area contributed by atoms with Gasteiger partial charge in [-0.3, -0.25) is 9.59 Å². The van der Waals surface area contributed by atoms with Gasteiger partial charge in [-0.1, -0.05) is 19.9 Å². The van der Waals surface area contributed by atoms with Crippen LogP contribution in [0.15, 0.2) is 30.4 Å². The van der Waals surface area contributed by atoms with E-state index in [0.717, 1.165) is 33.8 Å². The van der Waals surface area contributed by atoms with E-state index < -0.39 is 0 Å². The molecule has 5 nitrogen and oxygen atoms in total. The summed E-state index contributed by atoms with van der Waals surface area (Å²) in [5.41, 5.74) is 2.19. The number of fused-ring (bicyclic) bond motifs is 6. The summed E-state index contributed by atoms with van der Waals surface area (Å²) in [6, 6.07) is 6.36. The molecule has 2 heterocycles. The minimum absolute atomic E-state index is 0.0794. The fourth-order valence-electron chi connectivity index (χ4n) is 8.74. The topological polar surface area (TPSA) is 62.3 Å². The number of aryl methyl sites for hydroxylation is 1. The highest BCUT2D eigenvalue weighted by Crippen LogP contribution is 2.66. The molecule has 6 rings (SSSR count). The third-order valence-corrected chi connectivity index (χ3v) is 11.5. The number of nitrogens with one attached hydrogen (secondary N) is 1. The van der Waals surface area contributed by atoms with Crippen LogP contribution in [-0.4, -0.2) is 34.8 Å². The molecule has 6 heteroatoms. The third-order valence-electron chi connectivity index (χ3n) is 10.5. The van der Waals surface area contributed by atoms with Gasteiger partial charge in [0.15, 0.2) is 0 Å². The molecule has 7 atom stereocenters. The van der Waals surface area contributed by atoms with Gasteiger partial charge in [0, 0.05) is 30.6 Å². The molecule has 1 aliphatic heterocycles. The van der Waals surface area contributed by atoms with Crippen molar-refractivity contribution >= 4 is 39.1 Å². The van der Waals surface area contributed by atoms with E-state index in [-0.39, 0.29) is 22.6 Å². The summed E-state index contributed by atoms with van der Waals surface area (Å²) < 4.78 is 1.12. The fraction of sp³-hybridized carbons (Fsp3) is 0.621. The minimum Gasteiger partial charge on any atom is -0.338 e. The Hall–Kier alpha value is -2.21. The number of nitrogens with zero attached hydrogens (tertiary/aromatic N) is 2. The van der Waals surface area contributed by atoms with Gasteiger partial charge in [0.25, 0.3) is 0 Å². The van der Waals surface area contributed by atoms with Crippen LogP contribution in [-0.2, 0) is 9.59 Å². The first kappa shape index (κ1) is 23.2. The van der Waals surface area contributed by atoms with Gasteiger partial charge >= 0.3 is 0 Å². The van der Waals surface area contributed by atoms with E-state index in [2.05, 4.69) is 36.3 Å². The van der Waals surface area contributed by atoms with Crippen molar-refractivity contribution in [2.75, 3.05) is 12.4 Å². The number of aromatic nitrogens is 1. The Labute approximate surface area is 212 Å². The van der Waals surface area contributed by atoms with Crippen molar-refractivity contribution in [2.45, 2.75) is 71.8 Å². The van der Waals surface area contributed by atoms with E-state index in [4.69, 9.17) is 0 Å². The number of hydrogen-bond acceptors (Lipinski definition) is 4. The van der Waals surface area contributed by atoms with Crippen molar-refractivity contribution < 1.29 is 9.59 Å². The van der Waals surface area contributed by atoms with Gasteiger partial charge in [-0.05, 0) is 98.8 Å². The van der Waals surface area contributed by atoms with Crippen molar-refractivity contribution in [3.05, 3.63) is 35.4 Å². The summed E-state index contributed by atoms with van der Waals surface area (Å²) in [6.45, 7) is 6.90. The lowest BCUT2D eigenvalue weighted by atomic mass is 9.47.